The van der Waals surface area contributed by atoms with E-state index in [1.54, 1.807) is 21.0 Å². The second-order valence-electron chi connectivity index (χ2n) is 15.2. The van der Waals surface area contributed by atoms with E-state index in [1.165, 1.54) is 0 Å². The molecule has 1 aromatic carbocycles. The maximum Gasteiger partial charge on any atom is 0.316 e. The van der Waals surface area contributed by atoms with Crippen molar-refractivity contribution in [3.05, 3.63) is 30.5 Å². The normalized spacial score (nSPS) is 31.0. The molecule has 3 rings (SSSR count). The minimum atomic E-state index is -1.16. The molecule has 2 radical (unpaired) electrons. The SMILES string of the molecule is [B][C@@H]1[C@@H](C)C(=O)[C@@H](C)C(=O)O[C@H](CC)[C@@](C)(OC#C)[C@H](NCCCCn2cc(-c3cccc(N)c3)nn2)[C@@H](CCN(C)C)NC[C@H](C)C[C@@]1(C)OC. The fraction of sp³-hybridized carbons (Fsp3) is 0.692. The Morgan fingerprint density at radius 1 is 1.23 bits per heavy atom. The summed E-state index contributed by atoms with van der Waals surface area (Å²) in [5.74, 6) is -3.11. The molecule has 1 fully saturated rings. The number of rotatable bonds is 13. The molecule has 0 aliphatic carbocycles. The van der Waals surface area contributed by atoms with Gasteiger partial charge in [0.15, 0.2) is 5.60 Å². The monoisotopic (exact) mass is 719 g/mol. The number of ketones is 1. The molecule has 2 heterocycles. The first kappa shape index (κ1) is 43.0. The predicted molar refractivity (Wildman–Crippen MR) is 206 cm³/mol. The Balaban J connectivity index is 1.93. The lowest BCUT2D eigenvalue weighted by Crippen LogP contribution is -2.66. The van der Waals surface area contributed by atoms with Crippen LogP contribution in [0.5, 0.6) is 0 Å². The topological polar surface area (TPSA) is 146 Å². The van der Waals surface area contributed by atoms with Crippen molar-refractivity contribution in [1.29, 1.82) is 0 Å². The van der Waals surface area contributed by atoms with Gasteiger partial charge in [-0.05, 0) is 110 Å². The number of ether oxygens (including phenoxy) is 3. The highest BCUT2D eigenvalue weighted by molar-refractivity contribution is 6.15. The van der Waals surface area contributed by atoms with E-state index in [0.717, 1.165) is 37.1 Å². The molecule has 1 aromatic heterocycles. The summed E-state index contributed by atoms with van der Waals surface area (Å²) in [6, 6.07) is 7.06. The van der Waals surface area contributed by atoms with Crippen molar-refractivity contribution in [2.45, 2.75) is 115 Å². The second-order valence-corrected chi connectivity index (χ2v) is 15.2. The summed E-state index contributed by atoms with van der Waals surface area (Å²) < 4.78 is 20.2. The molecule has 0 amide bonds. The number of aromatic nitrogens is 3. The van der Waals surface area contributed by atoms with Gasteiger partial charge in [-0.3, -0.25) is 14.3 Å². The number of nitrogen functional groups attached to an aromatic ring is 1. The number of carbonyl (C=O) groups is 2. The highest BCUT2D eigenvalue weighted by Crippen LogP contribution is 2.38. The fourth-order valence-electron chi connectivity index (χ4n) is 7.42. The molecule has 1 aliphatic heterocycles. The summed E-state index contributed by atoms with van der Waals surface area (Å²) in [6.07, 6.45) is 12.9. The van der Waals surface area contributed by atoms with Gasteiger partial charge in [-0.15, -0.1) is 5.10 Å². The summed E-state index contributed by atoms with van der Waals surface area (Å²) in [4.78, 5) is 29.5. The molecule has 0 unspecified atom stereocenters. The number of cyclic esters (lactones) is 1. The van der Waals surface area contributed by atoms with E-state index in [9.17, 15) is 9.59 Å². The minimum absolute atomic E-state index is 0.128. The Bertz CT molecular complexity index is 1480. The molecule has 1 saturated heterocycles. The highest BCUT2D eigenvalue weighted by Gasteiger charge is 2.50. The van der Waals surface area contributed by atoms with Crippen LogP contribution in [-0.4, -0.2) is 110 Å². The first-order valence-electron chi connectivity index (χ1n) is 18.7. The van der Waals surface area contributed by atoms with Crippen LogP contribution >= 0.6 is 0 Å². The molecular weight excluding hydrogens is 657 g/mol. The molecule has 52 heavy (non-hydrogen) atoms. The minimum Gasteiger partial charge on any atom is -0.457 e. The number of nitrogens with two attached hydrogens (primary N) is 1. The number of aryl methyl sites for hydroxylation is 1. The zero-order valence-corrected chi connectivity index (χ0v) is 32.9. The van der Waals surface area contributed by atoms with Gasteiger partial charge in [0.1, 0.15) is 29.6 Å². The lowest BCUT2D eigenvalue weighted by Gasteiger charge is -2.45. The zero-order chi connectivity index (χ0) is 38.6. The van der Waals surface area contributed by atoms with Crippen LogP contribution in [0.25, 0.3) is 11.3 Å². The third kappa shape index (κ3) is 11.0. The quantitative estimate of drug-likeness (QED) is 0.0687. The number of carbonyl (C=O) groups excluding carboxylic acids is 2. The molecule has 4 N–H and O–H groups in total. The van der Waals surface area contributed by atoms with E-state index in [2.05, 4.69) is 38.9 Å². The Hall–Kier alpha value is -3.44. The number of nitrogens with one attached hydrogen (secondary N) is 2. The number of Topliss-reactive ketones (excluding diaryl/α,β-unsaturated/α-hetero) is 1. The standard InChI is InChI=1S/C39H62BN7O5/c1-11-33-39(7,51-12-2)36(42-19-13-14-20-47-25-32(44-45-47)29-16-15-17-30(41)22-29)31(18-21-46(8)9)43-24-26(3)23-38(6,50-10)35(40)27(4)34(48)28(5)37(49)52-33/h2,15-17,22,25-28,31,33,35-36,42-43H,11,13-14,18-21,23-24,41H2,1,3-10H3/t26-,27+,28-,31-,33-,35-,36-,38-,39-/m1/s1. The molecule has 13 heteroatoms. The lowest BCUT2D eigenvalue weighted by atomic mass is 9.62. The molecule has 2 aromatic rings. The van der Waals surface area contributed by atoms with E-state index in [-0.39, 0.29) is 23.8 Å². The van der Waals surface area contributed by atoms with Gasteiger partial charge in [0.2, 0.25) is 0 Å². The van der Waals surface area contributed by atoms with Crippen molar-refractivity contribution in [2.24, 2.45) is 17.8 Å². The van der Waals surface area contributed by atoms with Crippen LogP contribution in [0.3, 0.4) is 0 Å². The first-order chi connectivity index (χ1) is 24.6. The van der Waals surface area contributed by atoms with Crippen molar-refractivity contribution in [2.75, 3.05) is 46.6 Å². The number of unbranched alkanes of at least 4 members (excludes halogenated alkanes) is 1. The number of nitrogens with zero attached hydrogens (tertiary/aromatic N) is 4. The summed E-state index contributed by atoms with van der Waals surface area (Å²) in [6.45, 7) is 14.0. The average Bonchev–Trinajstić information content (AvgIpc) is 3.59. The maximum atomic E-state index is 13.7. The summed E-state index contributed by atoms with van der Waals surface area (Å²) in [5.41, 5.74) is 6.37. The molecule has 9 atom stereocenters. The molecule has 0 bridgehead atoms. The number of anilines is 1. The van der Waals surface area contributed by atoms with Gasteiger partial charge in [-0.1, -0.05) is 44.5 Å². The number of terminal acetylenes is 1. The molecule has 0 saturated carbocycles. The molecule has 1 aliphatic rings. The van der Waals surface area contributed by atoms with Crippen molar-refractivity contribution < 1.29 is 23.8 Å². The Labute approximate surface area is 313 Å². The number of benzene rings is 1. The largest absolute Gasteiger partial charge is 0.457 e. The van der Waals surface area contributed by atoms with E-state index in [4.69, 9.17) is 34.2 Å². The summed E-state index contributed by atoms with van der Waals surface area (Å²) in [7, 11) is 12.4. The van der Waals surface area contributed by atoms with Crippen LogP contribution in [0, 0.1) is 30.3 Å². The van der Waals surface area contributed by atoms with E-state index in [1.807, 2.05) is 70.0 Å². The highest BCUT2D eigenvalue weighted by atomic mass is 16.6. The van der Waals surface area contributed by atoms with Gasteiger partial charge in [0.05, 0.1) is 25.7 Å². The van der Waals surface area contributed by atoms with Crippen LogP contribution in [0.1, 0.15) is 73.6 Å². The summed E-state index contributed by atoms with van der Waals surface area (Å²) in [5, 5.41) is 16.3. The molecular formula is C39H62BN7O5. The van der Waals surface area contributed by atoms with Crippen molar-refractivity contribution in [3.63, 3.8) is 0 Å². The third-order valence-electron chi connectivity index (χ3n) is 10.8. The van der Waals surface area contributed by atoms with E-state index < -0.39 is 40.9 Å². The van der Waals surface area contributed by atoms with Gasteiger partial charge < -0.3 is 35.5 Å². The van der Waals surface area contributed by atoms with Crippen LogP contribution in [0.15, 0.2) is 30.5 Å². The van der Waals surface area contributed by atoms with Crippen molar-refractivity contribution >= 4 is 25.3 Å². The lowest BCUT2D eigenvalue weighted by molar-refractivity contribution is -0.174. The Morgan fingerprint density at radius 3 is 2.60 bits per heavy atom. The number of hydrogen-bond acceptors (Lipinski definition) is 11. The number of esters is 1. The van der Waals surface area contributed by atoms with Crippen LogP contribution in [0.4, 0.5) is 5.69 Å². The van der Waals surface area contributed by atoms with Gasteiger partial charge >= 0.3 is 5.97 Å². The zero-order valence-electron chi connectivity index (χ0n) is 32.9. The number of hydrogen-bond donors (Lipinski definition) is 3. The summed E-state index contributed by atoms with van der Waals surface area (Å²) >= 11 is 0. The first-order valence-corrected chi connectivity index (χ1v) is 18.7. The predicted octanol–water partition coefficient (Wildman–Crippen LogP) is 4.11. The smallest absolute Gasteiger partial charge is 0.316 e. The van der Waals surface area contributed by atoms with E-state index in [0.29, 0.717) is 38.2 Å². The molecule has 286 valence electrons. The molecule has 12 nitrogen and oxygen atoms in total. The van der Waals surface area contributed by atoms with Gasteiger partial charge in [0, 0.05) is 36.9 Å². The van der Waals surface area contributed by atoms with Crippen LogP contribution in [0.2, 0.25) is 5.82 Å². The Kier molecular flexibility index (Phi) is 16.2. The van der Waals surface area contributed by atoms with Crippen LogP contribution in [-0.2, 0) is 30.3 Å². The second kappa shape index (κ2) is 19.6. The van der Waals surface area contributed by atoms with Crippen molar-refractivity contribution in [1.82, 2.24) is 30.5 Å². The van der Waals surface area contributed by atoms with Gasteiger partial charge in [-0.2, -0.15) is 0 Å². The number of methoxy groups -OCH3 is 1. The van der Waals surface area contributed by atoms with Gasteiger partial charge in [0.25, 0.3) is 0 Å². The third-order valence-corrected chi connectivity index (χ3v) is 10.8. The fourth-order valence-corrected chi connectivity index (χ4v) is 7.42. The average molecular weight is 720 g/mol. The molecule has 0 spiro atoms. The Morgan fingerprint density at radius 2 is 1.96 bits per heavy atom. The van der Waals surface area contributed by atoms with Gasteiger partial charge in [-0.25, -0.2) is 0 Å². The van der Waals surface area contributed by atoms with Crippen LogP contribution < -0.4 is 16.4 Å². The maximum absolute atomic E-state index is 13.7. The van der Waals surface area contributed by atoms with E-state index >= 15 is 0 Å². The van der Waals surface area contributed by atoms with Crippen molar-refractivity contribution in [3.8, 4) is 23.8 Å².